The molecule has 0 unspecified atom stereocenters. The second kappa shape index (κ2) is 4.23. The molecule has 1 rings (SSSR count). The molecule has 0 amide bonds. The van der Waals surface area contributed by atoms with Crippen LogP contribution in [0.15, 0.2) is 10.8 Å². The van der Waals surface area contributed by atoms with Crippen LogP contribution in [-0.2, 0) is 6.54 Å². The fraction of sp³-hybridized carbons (Fsp3) is 0.286. The Hall–Kier alpha value is -1.02. The van der Waals surface area contributed by atoms with E-state index >= 15 is 0 Å². The summed E-state index contributed by atoms with van der Waals surface area (Å²) in [4.78, 5) is 3.58. The zero-order valence-electron chi connectivity index (χ0n) is 7.31. The lowest BCUT2D eigenvalue weighted by Gasteiger charge is -2.13. The fourth-order valence-electron chi connectivity index (χ4n) is 0.943. The first-order valence-corrected chi connectivity index (χ1v) is 4.53. The van der Waals surface area contributed by atoms with Crippen LogP contribution in [0.25, 0.3) is 0 Å². The van der Waals surface area contributed by atoms with Gasteiger partial charge in [0.1, 0.15) is 4.60 Å². The lowest BCUT2D eigenvalue weighted by molar-refractivity contribution is -0.275. The Kier molecular flexibility index (Phi) is 3.40. The highest BCUT2D eigenvalue weighted by atomic mass is 79.9. The topological polar surface area (TPSA) is 74.2 Å². The Balaban J connectivity index is 3.14. The summed E-state index contributed by atoms with van der Waals surface area (Å²) >= 11 is 2.97. The molecular weight excluding hydrogens is 279 g/mol. The van der Waals surface area contributed by atoms with Crippen molar-refractivity contribution in [1.29, 1.82) is 0 Å². The van der Waals surface area contributed by atoms with Crippen molar-refractivity contribution < 1.29 is 17.9 Å². The summed E-state index contributed by atoms with van der Waals surface area (Å²) in [5, 5.41) is 0. The van der Waals surface area contributed by atoms with Crippen LogP contribution < -0.4 is 16.2 Å². The molecule has 84 valence electrons. The first-order valence-electron chi connectivity index (χ1n) is 3.74. The summed E-state index contributed by atoms with van der Waals surface area (Å²) in [5.41, 5.74) is 10.8. The van der Waals surface area contributed by atoms with Crippen molar-refractivity contribution in [2.75, 3.05) is 5.73 Å². The van der Waals surface area contributed by atoms with Crippen LogP contribution in [0.3, 0.4) is 0 Å². The SMILES string of the molecule is NCc1c(OC(F)(F)F)cnc(Br)c1N. The van der Waals surface area contributed by atoms with Gasteiger partial charge in [-0.1, -0.05) is 0 Å². The Morgan fingerprint density at radius 1 is 1.47 bits per heavy atom. The maximum absolute atomic E-state index is 11.9. The summed E-state index contributed by atoms with van der Waals surface area (Å²) in [6.45, 7) is -0.168. The Morgan fingerprint density at radius 3 is 2.53 bits per heavy atom. The Bertz CT molecular complexity index is 369. The van der Waals surface area contributed by atoms with E-state index in [4.69, 9.17) is 11.5 Å². The molecule has 8 heteroatoms. The number of pyridine rings is 1. The van der Waals surface area contributed by atoms with E-state index < -0.39 is 12.1 Å². The van der Waals surface area contributed by atoms with Gasteiger partial charge < -0.3 is 16.2 Å². The van der Waals surface area contributed by atoms with Crippen LogP contribution in [-0.4, -0.2) is 11.3 Å². The van der Waals surface area contributed by atoms with E-state index in [0.717, 1.165) is 6.20 Å². The molecule has 4 N–H and O–H groups in total. The van der Waals surface area contributed by atoms with E-state index in [-0.39, 0.29) is 22.4 Å². The summed E-state index contributed by atoms with van der Waals surface area (Å²) in [6.07, 6.45) is -3.87. The highest BCUT2D eigenvalue weighted by molar-refractivity contribution is 9.10. The van der Waals surface area contributed by atoms with Crippen molar-refractivity contribution in [3.8, 4) is 5.75 Å². The van der Waals surface area contributed by atoms with E-state index in [1.165, 1.54) is 0 Å². The van der Waals surface area contributed by atoms with Crippen LogP contribution >= 0.6 is 15.9 Å². The Labute approximate surface area is 91.5 Å². The quantitative estimate of drug-likeness (QED) is 0.813. The van der Waals surface area contributed by atoms with E-state index in [1.807, 2.05) is 0 Å². The monoisotopic (exact) mass is 285 g/mol. The molecule has 0 aromatic carbocycles. The average Bonchev–Trinajstić information content (AvgIpc) is 2.10. The van der Waals surface area contributed by atoms with Gasteiger partial charge in [-0.25, -0.2) is 4.98 Å². The molecule has 0 atom stereocenters. The van der Waals surface area contributed by atoms with Gasteiger partial charge in [-0.3, -0.25) is 0 Å². The maximum Gasteiger partial charge on any atom is 0.573 e. The van der Waals surface area contributed by atoms with Crippen molar-refractivity contribution in [2.45, 2.75) is 12.9 Å². The molecule has 0 aliphatic rings. The first kappa shape index (κ1) is 12.1. The standard InChI is InChI=1S/C7H7BrF3N3O/c8-6-5(13)3(1-12)4(2-14-6)15-7(9,10)11/h2H,1,12-13H2. The predicted octanol–water partition coefficient (Wildman–Crippen LogP) is 1.78. The third kappa shape index (κ3) is 2.96. The number of nitrogens with two attached hydrogens (primary N) is 2. The number of anilines is 1. The molecule has 0 spiro atoms. The van der Waals surface area contributed by atoms with Gasteiger partial charge in [-0.15, -0.1) is 13.2 Å². The molecule has 0 saturated carbocycles. The molecule has 0 saturated heterocycles. The Morgan fingerprint density at radius 2 is 2.07 bits per heavy atom. The third-order valence-electron chi connectivity index (χ3n) is 1.57. The molecule has 4 nitrogen and oxygen atoms in total. The molecule has 1 aromatic rings. The van der Waals surface area contributed by atoms with Gasteiger partial charge >= 0.3 is 6.36 Å². The number of ether oxygens (including phenoxy) is 1. The van der Waals surface area contributed by atoms with Crippen LogP contribution in [0.5, 0.6) is 5.75 Å². The van der Waals surface area contributed by atoms with Crippen LogP contribution in [0.1, 0.15) is 5.56 Å². The smallest absolute Gasteiger partial charge is 0.404 e. The van der Waals surface area contributed by atoms with Crippen LogP contribution in [0.2, 0.25) is 0 Å². The number of hydrogen-bond acceptors (Lipinski definition) is 4. The molecule has 15 heavy (non-hydrogen) atoms. The molecule has 0 bridgehead atoms. The number of nitrogens with zero attached hydrogens (tertiary/aromatic N) is 1. The van der Waals surface area contributed by atoms with E-state index in [0.29, 0.717) is 0 Å². The molecule has 1 aromatic heterocycles. The van der Waals surface area contributed by atoms with E-state index in [2.05, 4.69) is 25.7 Å². The second-order valence-electron chi connectivity index (χ2n) is 2.56. The molecular formula is C7H7BrF3N3O. The van der Waals surface area contributed by atoms with Crippen molar-refractivity contribution in [3.63, 3.8) is 0 Å². The van der Waals surface area contributed by atoms with E-state index in [9.17, 15) is 13.2 Å². The van der Waals surface area contributed by atoms with Gasteiger partial charge in [0, 0.05) is 12.1 Å². The highest BCUT2D eigenvalue weighted by Gasteiger charge is 2.32. The summed E-state index contributed by atoms with van der Waals surface area (Å²) in [6, 6.07) is 0. The van der Waals surface area contributed by atoms with Gasteiger partial charge in [-0.05, 0) is 15.9 Å². The van der Waals surface area contributed by atoms with Gasteiger partial charge in [0.25, 0.3) is 0 Å². The highest BCUT2D eigenvalue weighted by Crippen LogP contribution is 2.32. The van der Waals surface area contributed by atoms with Crippen LogP contribution in [0.4, 0.5) is 18.9 Å². The van der Waals surface area contributed by atoms with Gasteiger partial charge in [-0.2, -0.15) is 0 Å². The lowest BCUT2D eigenvalue weighted by atomic mass is 10.2. The molecule has 0 aliphatic carbocycles. The van der Waals surface area contributed by atoms with Gasteiger partial charge in [0.05, 0.1) is 11.9 Å². The zero-order chi connectivity index (χ0) is 11.6. The normalized spacial score (nSPS) is 11.5. The second-order valence-corrected chi connectivity index (χ2v) is 3.31. The number of aromatic nitrogens is 1. The number of alkyl halides is 3. The van der Waals surface area contributed by atoms with Gasteiger partial charge in [0.15, 0.2) is 5.75 Å². The summed E-state index contributed by atoms with van der Waals surface area (Å²) in [7, 11) is 0. The minimum atomic E-state index is -4.79. The predicted molar refractivity (Wildman–Crippen MR) is 50.9 cm³/mol. The maximum atomic E-state index is 11.9. The van der Waals surface area contributed by atoms with E-state index in [1.54, 1.807) is 0 Å². The average molecular weight is 286 g/mol. The van der Waals surface area contributed by atoms with Crippen molar-refractivity contribution >= 4 is 21.6 Å². The van der Waals surface area contributed by atoms with Crippen molar-refractivity contribution in [1.82, 2.24) is 4.98 Å². The molecule has 0 fully saturated rings. The molecule has 0 aliphatic heterocycles. The van der Waals surface area contributed by atoms with Crippen LogP contribution in [0, 0.1) is 0 Å². The largest absolute Gasteiger partial charge is 0.573 e. The summed E-state index contributed by atoms with van der Waals surface area (Å²) < 4.78 is 39.8. The minimum absolute atomic E-state index is 0.0410. The number of rotatable bonds is 2. The zero-order valence-corrected chi connectivity index (χ0v) is 8.89. The fourth-order valence-corrected chi connectivity index (χ4v) is 1.28. The first-order chi connectivity index (χ1) is 6.85. The third-order valence-corrected chi connectivity index (χ3v) is 2.20. The van der Waals surface area contributed by atoms with Gasteiger partial charge in [0.2, 0.25) is 0 Å². The molecule has 0 radical (unpaired) electrons. The minimum Gasteiger partial charge on any atom is -0.404 e. The number of hydrogen-bond donors (Lipinski definition) is 2. The van der Waals surface area contributed by atoms with Crippen molar-refractivity contribution in [3.05, 3.63) is 16.4 Å². The molecule has 1 heterocycles. The number of halogens is 4. The number of nitrogen functional groups attached to an aromatic ring is 1. The lowest BCUT2D eigenvalue weighted by Crippen LogP contribution is -2.19. The summed E-state index contributed by atoms with van der Waals surface area (Å²) in [5.74, 6) is -0.481. The van der Waals surface area contributed by atoms with Crippen molar-refractivity contribution in [2.24, 2.45) is 5.73 Å².